The lowest BCUT2D eigenvalue weighted by Gasteiger charge is -2.12. The number of thiazole rings is 1. The Morgan fingerprint density at radius 2 is 1.69 bits per heavy atom. The number of nitrogens with zero attached hydrogens (tertiary/aromatic N) is 4. The summed E-state index contributed by atoms with van der Waals surface area (Å²) in [5, 5.41) is 8.39. The van der Waals surface area contributed by atoms with Crippen molar-refractivity contribution in [2.45, 2.75) is 13.8 Å². The summed E-state index contributed by atoms with van der Waals surface area (Å²) in [6.07, 6.45) is 1.88. The van der Waals surface area contributed by atoms with Crippen LogP contribution in [0.3, 0.4) is 0 Å². The van der Waals surface area contributed by atoms with Gasteiger partial charge in [-0.05, 0) is 37.6 Å². The number of hydrogen-bond donors (Lipinski definition) is 0. The van der Waals surface area contributed by atoms with Crippen LogP contribution in [0.25, 0.3) is 17.3 Å². The minimum Gasteiger partial charge on any atom is -0.378 e. The van der Waals surface area contributed by atoms with Gasteiger partial charge in [-0.3, -0.25) is 4.79 Å². The quantitative estimate of drug-likeness (QED) is 0.578. The molecule has 0 bridgehead atoms. The molecule has 0 radical (unpaired) electrons. The first-order valence-electron chi connectivity index (χ1n) is 9.34. The van der Waals surface area contributed by atoms with Gasteiger partial charge in [-0.1, -0.05) is 42.0 Å². The molecule has 4 rings (SSSR count). The van der Waals surface area contributed by atoms with Crippen molar-refractivity contribution >= 4 is 39.9 Å². The largest absolute Gasteiger partial charge is 0.378 e. The van der Waals surface area contributed by atoms with Crippen LogP contribution in [0.2, 0.25) is 0 Å². The van der Waals surface area contributed by atoms with E-state index in [0.29, 0.717) is 16.4 Å². The molecule has 0 fully saturated rings. The molecular formula is C23H22N4OS. The second-order valence-electron chi connectivity index (χ2n) is 7.23. The lowest BCUT2D eigenvalue weighted by Crippen LogP contribution is -2.21. The molecule has 0 unspecified atom stereocenters. The fourth-order valence-corrected chi connectivity index (χ4v) is 3.85. The number of hydrazone groups is 1. The van der Waals surface area contributed by atoms with Gasteiger partial charge in [-0.25, -0.2) is 4.98 Å². The molecule has 5 nitrogen and oxygen atoms in total. The molecule has 6 heteroatoms. The Balaban J connectivity index is 1.58. The highest BCUT2D eigenvalue weighted by molar-refractivity contribution is 7.14. The number of hydrogen-bond acceptors (Lipinski definition) is 5. The van der Waals surface area contributed by atoms with Crippen LogP contribution in [0.5, 0.6) is 0 Å². The zero-order valence-electron chi connectivity index (χ0n) is 16.9. The molecule has 146 valence electrons. The van der Waals surface area contributed by atoms with Gasteiger partial charge in [0.05, 0.1) is 17.0 Å². The highest BCUT2D eigenvalue weighted by Gasteiger charge is 2.30. The third kappa shape index (κ3) is 3.84. The van der Waals surface area contributed by atoms with Crippen molar-refractivity contribution in [2.75, 3.05) is 24.0 Å². The number of aromatic nitrogens is 1. The van der Waals surface area contributed by atoms with Crippen molar-refractivity contribution in [2.24, 2.45) is 5.10 Å². The summed E-state index contributed by atoms with van der Waals surface area (Å²) >= 11 is 1.42. The molecule has 0 N–H and O–H groups in total. The third-order valence-corrected chi connectivity index (χ3v) is 5.62. The second-order valence-corrected chi connectivity index (χ2v) is 8.06. The lowest BCUT2D eigenvalue weighted by molar-refractivity contribution is -0.114. The molecule has 0 saturated heterocycles. The van der Waals surface area contributed by atoms with E-state index in [2.05, 4.69) is 29.1 Å². The first-order chi connectivity index (χ1) is 13.9. The van der Waals surface area contributed by atoms with Crippen LogP contribution in [0.15, 0.2) is 64.6 Å². The molecule has 3 aromatic rings. The fraction of sp³-hybridized carbons (Fsp3) is 0.174. The molecule has 0 saturated carbocycles. The average Bonchev–Trinajstić information content (AvgIpc) is 3.29. The summed E-state index contributed by atoms with van der Waals surface area (Å²) in [5.74, 6) is -0.149. The van der Waals surface area contributed by atoms with Crippen molar-refractivity contribution in [3.8, 4) is 11.3 Å². The molecule has 0 aliphatic carbocycles. The molecule has 1 aliphatic rings. The number of anilines is 2. The summed E-state index contributed by atoms with van der Waals surface area (Å²) < 4.78 is 0. The van der Waals surface area contributed by atoms with Crippen LogP contribution in [0.1, 0.15) is 18.1 Å². The molecule has 0 atom stereocenters. The molecule has 2 aromatic carbocycles. The molecule has 0 spiro atoms. The van der Waals surface area contributed by atoms with E-state index in [-0.39, 0.29) is 5.91 Å². The summed E-state index contributed by atoms with van der Waals surface area (Å²) in [5.41, 5.74) is 6.45. The molecule has 1 aromatic heterocycles. The predicted octanol–water partition coefficient (Wildman–Crippen LogP) is 4.99. The van der Waals surface area contributed by atoms with E-state index < -0.39 is 0 Å². The van der Waals surface area contributed by atoms with E-state index in [9.17, 15) is 4.79 Å². The zero-order valence-corrected chi connectivity index (χ0v) is 17.7. The topological polar surface area (TPSA) is 48.8 Å². The van der Waals surface area contributed by atoms with Crippen molar-refractivity contribution in [3.63, 3.8) is 0 Å². The van der Waals surface area contributed by atoms with Gasteiger partial charge in [0.1, 0.15) is 0 Å². The number of rotatable bonds is 4. The van der Waals surface area contributed by atoms with Gasteiger partial charge in [0.25, 0.3) is 5.91 Å². The van der Waals surface area contributed by atoms with Crippen molar-refractivity contribution < 1.29 is 4.79 Å². The minimum absolute atomic E-state index is 0.149. The van der Waals surface area contributed by atoms with Gasteiger partial charge in [0.15, 0.2) is 0 Å². The van der Waals surface area contributed by atoms with Gasteiger partial charge in [-0.2, -0.15) is 10.1 Å². The van der Waals surface area contributed by atoms with Crippen LogP contribution in [0, 0.1) is 6.92 Å². The van der Waals surface area contributed by atoms with Gasteiger partial charge in [-0.15, -0.1) is 11.3 Å². The fourth-order valence-electron chi connectivity index (χ4n) is 3.07. The summed E-state index contributed by atoms with van der Waals surface area (Å²) in [7, 11) is 4.00. The third-order valence-electron chi connectivity index (χ3n) is 4.80. The monoisotopic (exact) mass is 402 g/mol. The number of benzene rings is 2. The maximum Gasteiger partial charge on any atom is 0.282 e. The zero-order chi connectivity index (χ0) is 20.5. The smallest absolute Gasteiger partial charge is 0.282 e. The van der Waals surface area contributed by atoms with E-state index in [1.165, 1.54) is 21.9 Å². The lowest BCUT2D eigenvalue weighted by atomic mass is 10.1. The summed E-state index contributed by atoms with van der Waals surface area (Å²) in [6, 6.07) is 16.3. The van der Waals surface area contributed by atoms with Gasteiger partial charge < -0.3 is 4.90 Å². The molecule has 29 heavy (non-hydrogen) atoms. The van der Waals surface area contributed by atoms with Gasteiger partial charge in [0, 0.05) is 30.7 Å². The highest BCUT2D eigenvalue weighted by atomic mass is 32.1. The Hall–Kier alpha value is -3.25. The maximum absolute atomic E-state index is 13.0. The Morgan fingerprint density at radius 3 is 2.34 bits per heavy atom. The van der Waals surface area contributed by atoms with Crippen LogP contribution < -0.4 is 9.91 Å². The average molecular weight is 403 g/mol. The van der Waals surface area contributed by atoms with Crippen LogP contribution in [-0.4, -0.2) is 30.7 Å². The normalized spacial score (nSPS) is 15.2. The van der Waals surface area contributed by atoms with E-state index in [0.717, 1.165) is 22.5 Å². The Bertz CT molecular complexity index is 1110. The SMILES string of the molecule is CC1=NN(c2nc(-c3ccc(C)cc3)cs2)C(=O)/C1=C\c1ccc(N(C)C)cc1. The Morgan fingerprint density at radius 1 is 1.00 bits per heavy atom. The van der Waals surface area contributed by atoms with E-state index in [1.807, 2.05) is 73.8 Å². The Labute approximate surface area is 174 Å². The molecule has 1 aliphatic heterocycles. The van der Waals surface area contributed by atoms with Crippen molar-refractivity contribution in [1.29, 1.82) is 0 Å². The maximum atomic E-state index is 13.0. The van der Waals surface area contributed by atoms with Crippen molar-refractivity contribution in [1.82, 2.24) is 4.98 Å². The van der Waals surface area contributed by atoms with E-state index in [1.54, 1.807) is 0 Å². The number of carbonyl (C=O) groups excluding carboxylic acids is 1. The Kier molecular flexibility index (Phi) is 5.03. The van der Waals surface area contributed by atoms with Gasteiger partial charge >= 0.3 is 0 Å². The number of carbonyl (C=O) groups is 1. The van der Waals surface area contributed by atoms with Crippen LogP contribution in [0.4, 0.5) is 10.8 Å². The second kappa shape index (κ2) is 7.64. The van der Waals surface area contributed by atoms with E-state index in [4.69, 9.17) is 0 Å². The summed E-state index contributed by atoms with van der Waals surface area (Å²) in [6.45, 7) is 3.91. The first kappa shape index (κ1) is 19.1. The van der Waals surface area contributed by atoms with Crippen molar-refractivity contribution in [3.05, 3.63) is 70.6 Å². The summed E-state index contributed by atoms with van der Waals surface area (Å²) in [4.78, 5) is 19.7. The number of amides is 1. The highest BCUT2D eigenvalue weighted by Crippen LogP contribution is 2.31. The molecule has 1 amide bonds. The number of aryl methyl sites for hydroxylation is 1. The minimum atomic E-state index is -0.149. The van der Waals surface area contributed by atoms with E-state index >= 15 is 0 Å². The van der Waals surface area contributed by atoms with Crippen LogP contribution >= 0.6 is 11.3 Å². The van der Waals surface area contributed by atoms with Crippen LogP contribution in [-0.2, 0) is 4.79 Å². The molecule has 2 heterocycles. The molecular weight excluding hydrogens is 380 g/mol. The van der Waals surface area contributed by atoms with Gasteiger partial charge in [0.2, 0.25) is 5.13 Å². The predicted molar refractivity (Wildman–Crippen MR) is 122 cm³/mol. The first-order valence-corrected chi connectivity index (χ1v) is 10.2. The standard InChI is InChI=1S/C23H22N4OS/c1-15-5-9-18(10-6-15)21-14-29-23(24-21)27-22(28)20(16(2)25-27)13-17-7-11-19(12-8-17)26(3)4/h5-14H,1-4H3/b20-13-.